The van der Waals surface area contributed by atoms with Gasteiger partial charge in [-0.15, -0.1) is 0 Å². The van der Waals surface area contributed by atoms with Gasteiger partial charge in [-0.3, -0.25) is 4.79 Å². The quantitative estimate of drug-likeness (QED) is 0.699. The molecule has 6 heteroatoms. The Morgan fingerprint density at radius 3 is 2.56 bits per heavy atom. The Kier molecular flexibility index (Phi) is 4.35. The molecule has 1 aromatic heterocycles. The highest BCUT2D eigenvalue weighted by atomic mass is 35.5. The van der Waals surface area contributed by atoms with Crippen molar-refractivity contribution in [2.45, 2.75) is 33.9 Å². The zero-order valence-corrected chi connectivity index (χ0v) is 16.5. The van der Waals surface area contributed by atoms with Crippen LogP contribution < -0.4 is 10.2 Å². The molecule has 0 radical (unpaired) electrons. The van der Waals surface area contributed by atoms with Crippen LogP contribution in [0.25, 0.3) is 11.0 Å². The minimum absolute atomic E-state index is 0.0144. The summed E-state index contributed by atoms with van der Waals surface area (Å²) in [5.74, 6) is 1.06. The van der Waals surface area contributed by atoms with Crippen molar-refractivity contribution in [2.75, 3.05) is 16.8 Å². The summed E-state index contributed by atoms with van der Waals surface area (Å²) < 4.78 is 2.26. The number of anilines is 2. The van der Waals surface area contributed by atoms with Crippen LogP contribution in [0.15, 0.2) is 42.5 Å². The molecule has 0 saturated carbocycles. The van der Waals surface area contributed by atoms with Crippen LogP contribution in [-0.4, -0.2) is 22.0 Å². The summed E-state index contributed by atoms with van der Waals surface area (Å²) in [4.78, 5) is 19.2. The minimum Gasteiger partial charge on any atom is -0.362 e. The molecule has 1 aliphatic heterocycles. The monoisotopic (exact) mass is 382 g/mol. The average molecular weight is 383 g/mol. The van der Waals surface area contributed by atoms with Crippen LogP contribution in [0.5, 0.6) is 0 Å². The Hall–Kier alpha value is -2.53. The van der Waals surface area contributed by atoms with Gasteiger partial charge in [0.2, 0.25) is 5.91 Å². The van der Waals surface area contributed by atoms with Crippen molar-refractivity contribution in [3.05, 3.63) is 53.3 Å². The SMILES string of the molecule is CC(C)(C)C(=O)Nc1ccc(N2CCn3c(nc4cc(Cl)ccc43)C2)cc1. The summed E-state index contributed by atoms with van der Waals surface area (Å²) in [6.45, 7) is 8.27. The maximum absolute atomic E-state index is 12.1. The highest BCUT2D eigenvalue weighted by Crippen LogP contribution is 2.27. The van der Waals surface area contributed by atoms with Crippen LogP contribution in [-0.2, 0) is 17.9 Å². The number of hydrogen-bond donors (Lipinski definition) is 1. The second-order valence-electron chi connectivity index (χ2n) is 7.99. The van der Waals surface area contributed by atoms with E-state index in [2.05, 4.69) is 14.8 Å². The third-order valence-corrected chi connectivity index (χ3v) is 5.12. The van der Waals surface area contributed by atoms with Crippen LogP contribution in [0.3, 0.4) is 0 Å². The second kappa shape index (κ2) is 6.57. The van der Waals surface area contributed by atoms with E-state index in [0.717, 1.165) is 47.9 Å². The van der Waals surface area contributed by atoms with Crippen LogP contribution in [0.2, 0.25) is 5.02 Å². The van der Waals surface area contributed by atoms with Gasteiger partial charge in [-0.05, 0) is 42.5 Å². The van der Waals surface area contributed by atoms with Crippen molar-refractivity contribution >= 4 is 39.9 Å². The standard InChI is InChI=1S/C21H23ClN4O/c1-21(2,3)20(27)23-15-5-7-16(8-6-15)25-10-11-26-18-9-4-14(22)12-17(18)24-19(26)13-25/h4-9,12H,10-11,13H2,1-3H3,(H,23,27). The summed E-state index contributed by atoms with van der Waals surface area (Å²) in [5, 5.41) is 3.68. The maximum atomic E-state index is 12.1. The summed E-state index contributed by atoms with van der Waals surface area (Å²) in [6, 6.07) is 13.9. The third-order valence-electron chi connectivity index (χ3n) is 4.89. The van der Waals surface area contributed by atoms with Crippen molar-refractivity contribution in [1.82, 2.24) is 9.55 Å². The fourth-order valence-electron chi connectivity index (χ4n) is 3.29. The van der Waals surface area contributed by atoms with Gasteiger partial charge in [-0.2, -0.15) is 0 Å². The van der Waals surface area contributed by atoms with Gasteiger partial charge >= 0.3 is 0 Å². The van der Waals surface area contributed by atoms with E-state index in [0.29, 0.717) is 5.02 Å². The molecular formula is C21H23ClN4O. The van der Waals surface area contributed by atoms with Gasteiger partial charge in [0.25, 0.3) is 0 Å². The lowest BCUT2D eigenvalue weighted by Gasteiger charge is -2.30. The van der Waals surface area contributed by atoms with Gasteiger partial charge in [0.15, 0.2) is 0 Å². The zero-order valence-electron chi connectivity index (χ0n) is 15.8. The van der Waals surface area contributed by atoms with Crippen molar-refractivity contribution in [2.24, 2.45) is 5.41 Å². The Labute approximate surface area is 163 Å². The first-order valence-corrected chi connectivity index (χ1v) is 9.50. The number of benzene rings is 2. The van der Waals surface area contributed by atoms with Crippen LogP contribution in [0, 0.1) is 5.41 Å². The van der Waals surface area contributed by atoms with Crippen molar-refractivity contribution < 1.29 is 4.79 Å². The molecule has 2 heterocycles. The first-order chi connectivity index (χ1) is 12.8. The Morgan fingerprint density at radius 1 is 1.11 bits per heavy atom. The summed E-state index contributed by atoms with van der Waals surface area (Å²) in [7, 11) is 0. The van der Waals surface area contributed by atoms with E-state index >= 15 is 0 Å². The first-order valence-electron chi connectivity index (χ1n) is 9.12. The van der Waals surface area contributed by atoms with Gasteiger partial charge in [0.1, 0.15) is 5.82 Å². The lowest BCUT2D eigenvalue weighted by Crippen LogP contribution is -2.33. The topological polar surface area (TPSA) is 50.2 Å². The Morgan fingerprint density at radius 2 is 1.85 bits per heavy atom. The fraction of sp³-hybridized carbons (Fsp3) is 0.333. The second-order valence-corrected chi connectivity index (χ2v) is 8.42. The highest BCUT2D eigenvalue weighted by Gasteiger charge is 2.22. The summed E-state index contributed by atoms with van der Waals surface area (Å²) in [5.41, 5.74) is 3.61. The molecule has 0 saturated heterocycles. The third kappa shape index (κ3) is 3.52. The molecule has 5 nitrogen and oxygen atoms in total. The first kappa shape index (κ1) is 17.9. The molecule has 1 N–H and O–H groups in total. The number of amides is 1. The highest BCUT2D eigenvalue weighted by molar-refractivity contribution is 6.31. The van der Waals surface area contributed by atoms with E-state index in [9.17, 15) is 4.79 Å². The van der Waals surface area contributed by atoms with E-state index in [4.69, 9.17) is 16.6 Å². The van der Waals surface area contributed by atoms with Crippen molar-refractivity contribution in [3.63, 3.8) is 0 Å². The lowest BCUT2D eigenvalue weighted by atomic mass is 9.95. The fourth-order valence-corrected chi connectivity index (χ4v) is 3.45. The molecule has 3 aromatic rings. The van der Waals surface area contributed by atoms with Crippen LogP contribution >= 0.6 is 11.6 Å². The van der Waals surface area contributed by atoms with Gasteiger partial charge < -0.3 is 14.8 Å². The number of rotatable bonds is 2. The zero-order chi connectivity index (χ0) is 19.2. The van der Waals surface area contributed by atoms with E-state index in [1.807, 2.05) is 63.2 Å². The van der Waals surface area contributed by atoms with Gasteiger partial charge in [0, 0.05) is 34.9 Å². The lowest BCUT2D eigenvalue weighted by molar-refractivity contribution is -0.123. The molecule has 1 amide bonds. The molecule has 1 aliphatic rings. The number of hydrogen-bond acceptors (Lipinski definition) is 3. The maximum Gasteiger partial charge on any atom is 0.229 e. The number of halogens is 1. The van der Waals surface area contributed by atoms with Gasteiger partial charge in [-0.1, -0.05) is 32.4 Å². The predicted octanol–water partition coefficient (Wildman–Crippen LogP) is 4.69. The average Bonchev–Trinajstić information content (AvgIpc) is 2.98. The van der Waals surface area contributed by atoms with E-state index in [1.165, 1.54) is 0 Å². The number of nitrogens with zero attached hydrogens (tertiary/aromatic N) is 3. The number of carbonyl (C=O) groups is 1. The number of fused-ring (bicyclic) bond motifs is 3. The molecule has 0 aliphatic carbocycles. The van der Waals surface area contributed by atoms with Crippen molar-refractivity contribution in [3.8, 4) is 0 Å². The van der Waals surface area contributed by atoms with E-state index < -0.39 is 5.41 Å². The molecule has 4 rings (SSSR count). The molecule has 27 heavy (non-hydrogen) atoms. The molecule has 0 fully saturated rings. The van der Waals surface area contributed by atoms with Crippen molar-refractivity contribution in [1.29, 1.82) is 0 Å². The molecule has 2 aromatic carbocycles. The predicted molar refractivity (Wildman–Crippen MR) is 110 cm³/mol. The molecular weight excluding hydrogens is 360 g/mol. The Balaban J connectivity index is 1.52. The molecule has 140 valence electrons. The number of imidazole rings is 1. The number of aromatic nitrogens is 2. The minimum atomic E-state index is -0.409. The van der Waals surface area contributed by atoms with E-state index in [1.54, 1.807) is 0 Å². The largest absolute Gasteiger partial charge is 0.362 e. The smallest absolute Gasteiger partial charge is 0.229 e. The van der Waals surface area contributed by atoms with E-state index in [-0.39, 0.29) is 5.91 Å². The normalized spacial score (nSPS) is 14.3. The number of nitrogens with one attached hydrogen (secondary N) is 1. The van der Waals surface area contributed by atoms with Gasteiger partial charge in [0.05, 0.1) is 17.6 Å². The molecule has 0 bridgehead atoms. The van der Waals surface area contributed by atoms with Crippen LogP contribution in [0.1, 0.15) is 26.6 Å². The van der Waals surface area contributed by atoms with Gasteiger partial charge in [-0.25, -0.2) is 4.98 Å². The number of carbonyl (C=O) groups excluding carboxylic acids is 1. The molecule has 0 spiro atoms. The van der Waals surface area contributed by atoms with Crippen LogP contribution in [0.4, 0.5) is 11.4 Å². The Bertz CT molecular complexity index is 1000. The molecule has 0 atom stereocenters. The summed E-state index contributed by atoms with van der Waals surface area (Å²) >= 11 is 6.10. The molecule has 0 unspecified atom stereocenters. The summed E-state index contributed by atoms with van der Waals surface area (Å²) in [6.07, 6.45) is 0.